The molecule has 200 valence electrons. The first-order chi connectivity index (χ1) is 17.8. The van der Waals surface area contributed by atoms with Crippen LogP contribution in [0.4, 0.5) is 28.8 Å². The number of aromatic nitrogens is 2. The molecule has 2 N–H and O–H groups in total. The predicted molar refractivity (Wildman–Crippen MR) is 144 cm³/mol. The van der Waals surface area contributed by atoms with E-state index in [-0.39, 0.29) is 56.5 Å². The lowest BCUT2D eigenvalue weighted by Crippen LogP contribution is -2.13. The highest BCUT2D eigenvalue weighted by Gasteiger charge is 2.24. The number of esters is 2. The van der Waals surface area contributed by atoms with E-state index in [1.165, 1.54) is 37.3 Å². The molecule has 2 aromatic carbocycles. The fourth-order valence-corrected chi connectivity index (χ4v) is 3.66. The standard InChI is InChI=1S/C25H25Cl2N5O6/c1-12(2)37-23(33)17-10-15(6-8-19(17)26)29-22-21(32(35)36)14(5)28-25(31-22)30-16-7-9-20(27)18(11-16)24(34)38-13(3)4/h6-13H,1-5H3,(H2,28,29,30,31). The molecule has 3 aromatic rings. The van der Waals surface area contributed by atoms with Gasteiger partial charge in [0, 0.05) is 11.4 Å². The van der Waals surface area contributed by atoms with Crippen LogP contribution in [0, 0.1) is 17.0 Å². The summed E-state index contributed by atoms with van der Waals surface area (Å²) in [5.74, 6) is -1.37. The number of carbonyl (C=O) groups excluding carboxylic acids is 2. The van der Waals surface area contributed by atoms with Crippen molar-refractivity contribution in [3.63, 3.8) is 0 Å². The number of rotatable bonds is 9. The molecule has 13 heteroatoms. The average Bonchev–Trinajstić information content (AvgIpc) is 2.80. The minimum absolute atomic E-state index is 0.00880. The first-order valence-corrected chi connectivity index (χ1v) is 12.2. The van der Waals surface area contributed by atoms with Crippen molar-refractivity contribution in [1.82, 2.24) is 9.97 Å². The topological polar surface area (TPSA) is 146 Å². The quantitative estimate of drug-likeness (QED) is 0.166. The maximum absolute atomic E-state index is 12.4. The van der Waals surface area contributed by atoms with Crippen molar-refractivity contribution in [3.05, 3.63) is 73.4 Å². The molecule has 1 aromatic heterocycles. The van der Waals surface area contributed by atoms with Crippen LogP contribution in [-0.4, -0.2) is 39.0 Å². The van der Waals surface area contributed by atoms with E-state index in [0.717, 1.165) is 0 Å². The van der Waals surface area contributed by atoms with Crippen molar-refractivity contribution in [2.45, 2.75) is 46.8 Å². The summed E-state index contributed by atoms with van der Waals surface area (Å²) in [6, 6.07) is 8.97. The number of ether oxygens (including phenoxy) is 2. The van der Waals surface area contributed by atoms with Gasteiger partial charge in [0.1, 0.15) is 5.69 Å². The summed E-state index contributed by atoms with van der Waals surface area (Å²) >= 11 is 12.3. The van der Waals surface area contributed by atoms with Gasteiger partial charge in [0.15, 0.2) is 0 Å². The highest BCUT2D eigenvalue weighted by molar-refractivity contribution is 6.34. The second kappa shape index (κ2) is 12.1. The first-order valence-electron chi connectivity index (χ1n) is 11.4. The molecule has 0 atom stereocenters. The predicted octanol–water partition coefficient (Wildman–Crippen LogP) is 6.62. The number of nitro groups is 1. The van der Waals surface area contributed by atoms with Gasteiger partial charge in [0.2, 0.25) is 11.8 Å². The van der Waals surface area contributed by atoms with Gasteiger partial charge in [-0.2, -0.15) is 4.98 Å². The van der Waals surface area contributed by atoms with E-state index in [9.17, 15) is 19.7 Å². The van der Waals surface area contributed by atoms with Gasteiger partial charge < -0.3 is 20.1 Å². The Morgan fingerprint density at radius 1 is 0.868 bits per heavy atom. The lowest BCUT2D eigenvalue weighted by molar-refractivity contribution is -0.385. The molecule has 11 nitrogen and oxygen atoms in total. The maximum atomic E-state index is 12.4. The molecule has 0 aliphatic rings. The highest BCUT2D eigenvalue weighted by atomic mass is 35.5. The second-order valence-electron chi connectivity index (χ2n) is 8.63. The lowest BCUT2D eigenvalue weighted by atomic mass is 10.2. The number of aryl methyl sites for hydroxylation is 1. The molecule has 0 unspecified atom stereocenters. The smallest absolute Gasteiger partial charge is 0.339 e. The summed E-state index contributed by atoms with van der Waals surface area (Å²) < 4.78 is 10.4. The SMILES string of the molecule is Cc1nc(Nc2ccc(Cl)c(C(=O)OC(C)C)c2)nc(Nc2ccc(Cl)c(C(=O)OC(C)C)c2)c1[N+](=O)[O-]. The molecule has 0 spiro atoms. The second-order valence-corrected chi connectivity index (χ2v) is 9.45. The molecule has 0 amide bonds. The van der Waals surface area contributed by atoms with Crippen LogP contribution in [0.25, 0.3) is 0 Å². The zero-order chi connectivity index (χ0) is 28.1. The first kappa shape index (κ1) is 28.6. The van der Waals surface area contributed by atoms with Gasteiger partial charge >= 0.3 is 17.6 Å². The average molecular weight is 562 g/mol. The van der Waals surface area contributed by atoms with Crippen molar-refractivity contribution in [1.29, 1.82) is 0 Å². The molecule has 0 fully saturated rings. The van der Waals surface area contributed by atoms with Crippen LogP contribution in [0.1, 0.15) is 54.1 Å². The Labute approximate surface area is 228 Å². The van der Waals surface area contributed by atoms with E-state index >= 15 is 0 Å². The van der Waals surface area contributed by atoms with Gasteiger partial charge in [-0.05, 0) is 71.0 Å². The Bertz CT molecular complexity index is 1400. The monoisotopic (exact) mass is 561 g/mol. The van der Waals surface area contributed by atoms with Crippen LogP contribution in [0.15, 0.2) is 36.4 Å². The molecule has 0 saturated heterocycles. The zero-order valence-corrected chi connectivity index (χ0v) is 22.7. The van der Waals surface area contributed by atoms with Crippen LogP contribution < -0.4 is 10.6 Å². The lowest BCUT2D eigenvalue weighted by Gasteiger charge is -2.14. The molecule has 0 radical (unpaired) electrons. The molecular weight excluding hydrogens is 537 g/mol. The van der Waals surface area contributed by atoms with Crippen molar-refractivity contribution in [3.8, 4) is 0 Å². The van der Waals surface area contributed by atoms with E-state index in [0.29, 0.717) is 11.4 Å². The third-order valence-electron chi connectivity index (χ3n) is 4.82. The molecular formula is C25H25Cl2N5O6. The summed E-state index contributed by atoms with van der Waals surface area (Å²) in [6.45, 7) is 8.29. The van der Waals surface area contributed by atoms with Gasteiger partial charge in [-0.1, -0.05) is 23.2 Å². The molecule has 0 aliphatic heterocycles. The Hall–Kier alpha value is -3.96. The van der Waals surface area contributed by atoms with Gasteiger partial charge in [-0.15, -0.1) is 0 Å². The van der Waals surface area contributed by atoms with E-state index in [1.54, 1.807) is 33.8 Å². The van der Waals surface area contributed by atoms with Crippen LogP contribution in [0.5, 0.6) is 0 Å². The van der Waals surface area contributed by atoms with Crippen molar-refractivity contribution in [2.24, 2.45) is 0 Å². The number of nitrogens with one attached hydrogen (secondary N) is 2. The number of halogens is 2. The van der Waals surface area contributed by atoms with Crippen LogP contribution in [-0.2, 0) is 9.47 Å². The maximum Gasteiger partial charge on any atom is 0.339 e. The highest BCUT2D eigenvalue weighted by Crippen LogP contribution is 2.32. The van der Waals surface area contributed by atoms with Crippen LogP contribution in [0.3, 0.4) is 0 Å². The van der Waals surface area contributed by atoms with Crippen LogP contribution >= 0.6 is 23.2 Å². The van der Waals surface area contributed by atoms with Gasteiger partial charge in [0.05, 0.1) is 38.3 Å². The van der Waals surface area contributed by atoms with E-state index in [1.807, 2.05) is 0 Å². The number of nitrogens with zero attached hydrogens (tertiary/aromatic N) is 3. The third-order valence-corrected chi connectivity index (χ3v) is 5.48. The van der Waals surface area contributed by atoms with Gasteiger partial charge in [0.25, 0.3) is 0 Å². The molecule has 0 aliphatic carbocycles. The number of carbonyl (C=O) groups is 2. The number of hydrogen-bond acceptors (Lipinski definition) is 10. The van der Waals surface area contributed by atoms with Crippen molar-refractivity contribution in [2.75, 3.05) is 10.6 Å². The van der Waals surface area contributed by atoms with Gasteiger partial charge in [-0.3, -0.25) is 10.1 Å². The zero-order valence-electron chi connectivity index (χ0n) is 21.2. The summed E-state index contributed by atoms with van der Waals surface area (Å²) in [5.41, 5.74) is 0.617. The number of anilines is 4. The number of hydrogen-bond donors (Lipinski definition) is 2. The summed E-state index contributed by atoms with van der Waals surface area (Å²) in [6.07, 6.45) is -0.708. The Kier molecular flexibility index (Phi) is 9.08. The number of benzene rings is 2. The van der Waals surface area contributed by atoms with E-state index in [2.05, 4.69) is 20.6 Å². The van der Waals surface area contributed by atoms with Crippen molar-refractivity contribution < 1.29 is 24.0 Å². The normalized spacial score (nSPS) is 10.9. The van der Waals surface area contributed by atoms with E-state index < -0.39 is 16.9 Å². The summed E-state index contributed by atoms with van der Waals surface area (Å²) in [4.78, 5) is 44.4. The van der Waals surface area contributed by atoms with Gasteiger partial charge in [-0.25, -0.2) is 14.6 Å². The summed E-state index contributed by atoms with van der Waals surface area (Å²) in [5, 5.41) is 17.9. The molecule has 38 heavy (non-hydrogen) atoms. The van der Waals surface area contributed by atoms with E-state index in [4.69, 9.17) is 32.7 Å². The molecule has 3 rings (SSSR count). The molecule has 0 bridgehead atoms. The summed E-state index contributed by atoms with van der Waals surface area (Å²) in [7, 11) is 0. The fraction of sp³-hybridized carbons (Fsp3) is 0.280. The minimum atomic E-state index is -0.640. The molecule has 0 saturated carbocycles. The Morgan fingerprint density at radius 3 is 1.79 bits per heavy atom. The minimum Gasteiger partial charge on any atom is -0.459 e. The largest absolute Gasteiger partial charge is 0.459 e. The Balaban J connectivity index is 1.97. The van der Waals surface area contributed by atoms with Crippen molar-refractivity contribution >= 4 is 64.0 Å². The third kappa shape index (κ3) is 7.08. The van der Waals surface area contributed by atoms with Crippen LogP contribution in [0.2, 0.25) is 10.0 Å². The Morgan fingerprint density at radius 2 is 1.34 bits per heavy atom. The fourth-order valence-electron chi connectivity index (χ4n) is 3.27. The molecule has 1 heterocycles.